The molecule has 0 aromatic heterocycles. The second kappa shape index (κ2) is 5.90. The molecule has 70 valence electrons. The number of halogens is 2. The van der Waals surface area contributed by atoms with Crippen LogP contribution in [0.3, 0.4) is 0 Å². The summed E-state index contributed by atoms with van der Waals surface area (Å²) in [6, 6.07) is 7.65. The lowest BCUT2D eigenvalue weighted by Crippen LogP contribution is -1.98. The smallest absolute Gasteiger partial charge is 0.0637 e. The fraction of sp³-hybridized carbons (Fsp3) is 0.200. The van der Waals surface area contributed by atoms with Gasteiger partial charge in [-0.05, 0) is 12.1 Å². The number of rotatable bonds is 4. The van der Waals surface area contributed by atoms with Crippen LogP contribution in [0.2, 0.25) is 5.02 Å². The number of nitrogens with one attached hydrogen (secondary N) is 1. The number of hydrogen-bond donors (Lipinski definition) is 1. The van der Waals surface area contributed by atoms with E-state index in [0.29, 0.717) is 5.88 Å². The fourth-order valence-electron chi connectivity index (χ4n) is 0.920. The highest BCUT2D eigenvalue weighted by Crippen LogP contribution is 2.19. The predicted molar refractivity (Wildman–Crippen MR) is 59.8 cm³/mol. The van der Waals surface area contributed by atoms with E-state index in [-0.39, 0.29) is 0 Å². The van der Waals surface area contributed by atoms with Crippen molar-refractivity contribution in [1.29, 1.82) is 0 Å². The number of alkyl halides is 1. The van der Waals surface area contributed by atoms with Crippen LogP contribution in [0.4, 0.5) is 5.69 Å². The van der Waals surface area contributed by atoms with Crippen molar-refractivity contribution in [1.82, 2.24) is 0 Å². The topological polar surface area (TPSA) is 12.0 Å². The van der Waals surface area contributed by atoms with Crippen LogP contribution in [-0.4, -0.2) is 12.4 Å². The van der Waals surface area contributed by atoms with Gasteiger partial charge < -0.3 is 5.32 Å². The van der Waals surface area contributed by atoms with Gasteiger partial charge in [-0.2, -0.15) is 0 Å². The van der Waals surface area contributed by atoms with Crippen LogP contribution >= 0.6 is 23.2 Å². The molecule has 1 nitrogen and oxygen atoms in total. The molecule has 0 aliphatic carbocycles. The van der Waals surface area contributed by atoms with E-state index in [1.54, 1.807) is 0 Å². The van der Waals surface area contributed by atoms with Crippen molar-refractivity contribution in [2.75, 3.05) is 17.7 Å². The first kappa shape index (κ1) is 10.4. The van der Waals surface area contributed by atoms with Crippen LogP contribution in [-0.2, 0) is 0 Å². The van der Waals surface area contributed by atoms with Gasteiger partial charge in [-0.15, -0.1) is 11.6 Å². The van der Waals surface area contributed by atoms with Crippen LogP contribution in [0.15, 0.2) is 36.4 Å². The lowest BCUT2D eigenvalue weighted by atomic mass is 10.3. The lowest BCUT2D eigenvalue weighted by Gasteiger charge is -2.04. The molecule has 0 heterocycles. The molecule has 0 amide bonds. The number of para-hydroxylation sites is 1. The standard InChI is InChI=1S/C10H11Cl2N/c11-7-3-4-8-13-10-6-2-1-5-9(10)12/h1-6,13H,7-8H2/b4-3+. The Hall–Kier alpha value is -0.660. The molecule has 1 rings (SSSR count). The summed E-state index contributed by atoms with van der Waals surface area (Å²) in [4.78, 5) is 0. The molecule has 0 fully saturated rings. The molecule has 1 aromatic rings. The van der Waals surface area contributed by atoms with Crippen LogP contribution in [0.1, 0.15) is 0 Å². The monoisotopic (exact) mass is 215 g/mol. The van der Waals surface area contributed by atoms with E-state index < -0.39 is 0 Å². The summed E-state index contributed by atoms with van der Waals surface area (Å²) >= 11 is 11.4. The number of anilines is 1. The van der Waals surface area contributed by atoms with Crippen molar-refractivity contribution < 1.29 is 0 Å². The average molecular weight is 216 g/mol. The summed E-state index contributed by atoms with van der Waals surface area (Å²) in [5.41, 5.74) is 0.948. The Bertz CT molecular complexity index is 284. The van der Waals surface area contributed by atoms with Gasteiger partial charge in [-0.3, -0.25) is 0 Å². The zero-order valence-electron chi connectivity index (χ0n) is 7.13. The Labute approximate surface area is 88.4 Å². The van der Waals surface area contributed by atoms with E-state index >= 15 is 0 Å². The lowest BCUT2D eigenvalue weighted by molar-refractivity contribution is 1.33. The molecule has 13 heavy (non-hydrogen) atoms. The van der Waals surface area contributed by atoms with Gasteiger partial charge in [0.15, 0.2) is 0 Å². The third kappa shape index (κ3) is 3.71. The van der Waals surface area contributed by atoms with Crippen molar-refractivity contribution in [2.24, 2.45) is 0 Å². The normalized spacial score (nSPS) is 10.6. The number of benzene rings is 1. The highest BCUT2D eigenvalue weighted by Gasteiger charge is 1.94. The van der Waals surface area contributed by atoms with Crippen molar-refractivity contribution in [3.8, 4) is 0 Å². The molecule has 1 aromatic carbocycles. The van der Waals surface area contributed by atoms with Crippen LogP contribution < -0.4 is 5.32 Å². The molecule has 1 N–H and O–H groups in total. The zero-order valence-corrected chi connectivity index (χ0v) is 8.65. The Morgan fingerprint density at radius 3 is 2.69 bits per heavy atom. The first-order valence-corrected chi connectivity index (χ1v) is 4.95. The third-order valence-corrected chi connectivity index (χ3v) is 2.05. The first-order valence-electron chi connectivity index (χ1n) is 4.04. The maximum absolute atomic E-state index is 5.92. The van der Waals surface area contributed by atoms with E-state index in [1.807, 2.05) is 36.4 Å². The van der Waals surface area contributed by atoms with Gasteiger partial charge in [0, 0.05) is 12.4 Å². The van der Waals surface area contributed by atoms with Gasteiger partial charge in [0.2, 0.25) is 0 Å². The molecule has 0 aliphatic heterocycles. The maximum Gasteiger partial charge on any atom is 0.0637 e. The van der Waals surface area contributed by atoms with Crippen LogP contribution in [0.25, 0.3) is 0 Å². The van der Waals surface area contributed by atoms with E-state index in [1.165, 1.54) is 0 Å². The number of hydrogen-bond acceptors (Lipinski definition) is 1. The quantitative estimate of drug-likeness (QED) is 0.599. The first-order chi connectivity index (χ1) is 6.34. The summed E-state index contributed by atoms with van der Waals surface area (Å²) in [6.07, 6.45) is 3.86. The van der Waals surface area contributed by atoms with Crippen molar-refractivity contribution in [3.63, 3.8) is 0 Å². The van der Waals surface area contributed by atoms with E-state index in [0.717, 1.165) is 17.3 Å². The van der Waals surface area contributed by atoms with Crippen LogP contribution in [0, 0.1) is 0 Å². The summed E-state index contributed by atoms with van der Waals surface area (Å²) in [5, 5.41) is 3.91. The van der Waals surface area contributed by atoms with Gasteiger partial charge >= 0.3 is 0 Å². The Morgan fingerprint density at radius 1 is 1.23 bits per heavy atom. The van der Waals surface area contributed by atoms with Gasteiger partial charge in [-0.1, -0.05) is 35.9 Å². The van der Waals surface area contributed by atoms with Crippen molar-refractivity contribution in [3.05, 3.63) is 41.4 Å². The minimum atomic E-state index is 0.546. The third-order valence-electron chi connectivity index (χ3n) is 1.54. The van der Waals surface area contributed by atoms with E-state index in [2.05, 4.69) is 5.32 Å². The maximum atomic E-state index is 5.92. The largest absolute Gasteiger partial charge is 0.380 e. The summed E-state index contributed by atoms with van der Waals surface area (Å²) in [6.45, 7) is 0.746. The minimum absolute atomic E-state index is 0.546. The molecule has 0 spiro atoms. The van der Waals surface area contributed by atoms with Crippen molar-refractivity contribution >= 4 is 28.9 Å². The molecule has 0 saturated heterocycles. The van der Waals surface area contributed by atoms with E-state index in [4.69, 9.17) is 23.2 Å². The second-order valence-corrected chi connectivity index (χ2v) is 3.20. The van der Waals surface area contributed by atoms with Gasteiger partial charge in [-0.25, -0.2) is 0 Å². The average Bonchev–Trinajstić information content (AvgIpc) is 2.15. The van der Waals surface area contributed by atoms with Crippen molar-refractivity contribution in [2.45, 2.75) is 0 Å². The second-order valence-electron chi connectivity index (χ2n) is 2.49. The summed E-state index contributed by atoms with van der Waals surface area (Å²) in [5.74, 6) is 0.546. The fourth-order valence-corrected chi connectivity index (χ4v) is 1.25. The van der Waals surface area contributed by atoms with Gasteiger partial charge in [0.05, 0.1) is 10.7 Å². The summed E-state index contributed by atoms with van der Waals surface area (Å²) < 4.78 is 0. The molecule has 3 heteroatoms. The highest BCUT2D eigenvalue weighted by atomic mass is 35.5. The Balaban J connectivity index is 2.45. The Kier molecular flexibility index (Phi) is 4.73. The molecule has 0 atom stereocenters. The molecule has 0 bridgehead atoms. The molecule has 0 aliphatic rings. The SMILES string of the molecule is ClC/C=C/CNc1ccccc1Cl. The molecular formula is C10H11Cl2N. The van der Waals surface area contributed by atoms with Gasteiger partial charge in [0.25, 0.3) is 0 Å². The Morgan fingerprint density at radius 2 is 2.00 bits per heavy atom. The molecular weight excluding hydrogens is 205 g/mol. The minimum Gasteiger partial charge on any atom is -0.380 e. The molecule has 0 saturated carbocycles. The predicted octanol–water partition coefficient (Wildman–Crippen LogP) is 3.55. The summed E-state index contributed by atoms with van der Waals surface area (Å²) in [7, 11) is 0. The van der Waals surface area contributed by atoms with E-state index in [9.17, 15) is 0 Å². The highest BCUT2D eigenvalue weighted by molar-refractivity contribution is 6.33. The van der Waals surface area contributed by atoms with Gasteiger partial charge in [0.1, 0.15) is 0 Å². The zero-order chi connectivity index (χ0) is 9.52. The molecule has 0 unspecified atom stereocenters. The molecule has 0 radical (unpaired) electrons. The van der Waals surface area contributed by atoms with Crippen LogP contribution in [0.5, 0.6) is 0 Å². The number of allylic oxidation sites excluding steroid dienone is 1.